The summed E-state index contributed by atoms with van der Waals surface area (Å²) in [5.74, 6) is -0.305. The number of hydrogen-bond donors (Lipinski definition) is 0. The lowest BCUT2D eigenvalue weighted by atomic mass is 9.98. The predicted molar refractivity (Wildman–Crippen MR) is 67.5 cm³/mol. The summed E-state index contributed by atoms with van der Waals surface area (Å²) < 4.78 is 5.08. The van der Waals surface area contributed by atoms with Gasteiger partial charge in [0.25, 0.3) is 0 Å². The van der Waals surface area contributed by atoms with Crippen LogP contribution in [0, 0.1) is 0 Å². The predicted octanol–water partition coefficient (Wildman–Crippen LogP) is -0.210. The molecule has 0 fully saturated rings. The SMILES string of the molecule is CCOC(=O)C1=c2cccnc2=C2N=CN=C2C1. The van der Waals surface area contributed by atoms with Gasteiger partial charge in [0.05, 0.1) is 23.2 Å². The van der Waals surface area contributed by atoms with Crippen molar-refractivity contribution in [2.75, 3.05) is 6.61 Å². The summed E-state index contributed by atoms with van der Waals surface area (Å²) in [4.78, 5) is 24.6. The molecule has 1 aromatic rings. The van der Waals surface area contributed by atoms with E-state index in [0.717, 1.165) is 16.6 Å². The van der Waals surface area contributed by atoms with Gasteiger partial charge in [-0.2, -0.15) is 0 Å². The Morgan fingerprint density at radius 1 is 1.50 bits per heavy atom. The zero-order chi connectivity index (χ0) is 12.5. The summed E-state index contributed by atoms with van der Waals surface area (Å²) in [5.41, 5.74) is 2.15. The molecule has 1 aromatic heterocycles. The van der Waals surface area contributed by atoms with Crippen LogP contribution < -0.4 is 10.6 Å². The topological polar surface area (TPSA) is 63.9 Å². The summed E-state index contributed by atoms with van der Waals surface area (Å²) in [5, 5.41) is 1.50. The van der Waals surface area contributed by atoms with E-state index in [1.165, 1.54) is 6.34 Å². The lowest BCUT2D eigenvalue weighted by Gasteiger charge is -2.12. The Bertz CT molecular complexity index is 701. The van der Waals surface area contributed by atoms with Crippen molar-refractivity contribution in [3.8, 4) is 0 Å². The molecule has 2 aliphatic rings. The maximum absolute atomic E-state index is 12.0. The van der Waals surface area contributed by atoms with Gasteiger partial charge in [0.15, 0.2) is 0 Å². The highest BCUT2D eigenvalue weighted by molar-refractivity contribution is 6.31. The highest BCUT2D eigenvalue weighted by Gasteiger charge is 2.24. The van der Waals surface area contributed by atoms with Gasteiger partial charge < -0.3 is 4.74 Å². The smallest absolute Gasteiger partial charge is 0.335 e. The average molecular weight is 241 g/mol. The summed E-state index contributed by atoms with van der Waals surface area (Å²) >= 11 is 0. The number of fused-ring (bicyclic) bond motifs is 2. The fourth-order valence-corrected chi connectivity index (χ4v) is 2.12. The quantitative estimate of drug-likeness (QED) is 0.673. The lowest BCUT2D eigenvalue weighted by Crippen LogP contribution is -2.39. The van der Waals surface area contributed by atoms with Crippen molar-refractivity contribution in [2.45, 2.75) is 13.3 Å². The third-order valence-electron chi connectivity index (χ3n) is 2.90. The lowest BCUT2D eigenvalue weighted by molar-refractivity contribution is -0.136. The van der Waals surface area contributed by atoms with Crippen molar-refractivity contribution in [2.24, 2.45) is 9.98 Å². The second kappa shape index (κ2) is 4.18. The van der Waals surface area contributed by atoms with E-state index in [9.17, 15) is 4.79 Å². The Labute approximate surface area is 103 Å². The first kappa shape index (κ1) is 10.8. The fraction of sp³-hybridized carbons (Fsp3) is 0.231. The molecule has 0 saturated carbocycles. The zero-order valence-corrected chi connectivity index (χ0v) is 9.88. The van der Waals surface area contributed by atoms with Gasteiger partial charge in [-0.25, -0.2) is 14.8 Å². The molecule has 0 amide bonds. The van der Waals surface area contributed by atoms with Gasteiger partial charge >= 0.3 is 5.97 Å². The third kappa shape index (κ3) is 1.55. The molecule has 2 heterocycles. The monoisotopic (exact) mass is 241 g/mol. The van der Waals surface area contributed by atoms with Crippen LogP contribution in [0.3, 0.4) is 0 Å². The third-order valence-corrected chi connectivity index (χ3v) is 2.90. The van der Waals surface area contributed by atoms with Crippen molar-refractivity contribution in [1.82, 2.24) is 4.98 Å². The van der Waals surface area contributed by atoms with E-state index in [-0.39, 0.29) is 5.97 Å². The number of carbonyl (C=O) groups excluding carboxylic acids is 1. The highest BCUT2D eigenvalue weighted by Crippen LogP contribution is 2.17. The number of pyridine rings is 1. The van der Waals surface area contributed by atoms with Gasteiger partial charge in [0.1, 0.15) is 12.0 Å². The van der Waals surface area contributed by atoms with Crippen molar-refractivity contribution in [1.29, 1.82) is 0 Å². The summed E-state index contributed by atoms with van der Waals surface area (Å²) in [6.07, 6.45) is 3.63. The first-order valence-electron chi connectivity index (χ1n) is 5.76. The maximum Gasteiger partial charge on any atom is 0.335 e. The minimum absolute atomic E-state index is 0.305. The first-order valence-corrected chi connectivity index (χ1v) is 5.76. The molecule has 18 heavy (non-hydrogen) atoms. The zero-order valence-electron chi connectivity index (χ0n) is 9.88. The Morgan fingerprint density at radius 2 is 2.39 bits per heavy atom. The van der Waals surface area contributed by atoms with Gasteiger partial charge in [0, 0.05) is 17.8 Å². The molecule has 1 aliphatic carbocycles. The summed E-state index contributed by atoms with van der Waals surface area (Å²) in [6, 6.07) is 3.67. The minimum Gasteiger partial charge on any atom is -0.463 e. The minimum atomic E-state index is -0.305. The normalized spacial score (nSPS) is 16.2. The number of carbonyl (C=O) groups is 1. The van der Waals surface area contributed by atoms with Gasteiger partial charge in [-0.3, -0.25) is 4.98 Å². The molecular weight excluding hydrogens is 230 g/mol. The van der Waals surface area contributed by atoms with E-state index in [1.807, 2.05) is 6.07 Å². The standard InChI is InChI=1S/C13H11N3O2/c1-2-18-13(17)9-6-10-12(16-7-15-10)11-8(9)4-3-5-14-11/h3-5,7H,2,6H2,1H3. The van der Waals surface area contributed by atoms with E-state index < -0.39 is 0 Å². The van der Waals surface area contributed by atoms with E-state index in [4.69, 9.17) is 4.74 Å². The second-order valence-electron chi connectivity index (χ2n) is 3.94. The number of rotatable bonds is 2. The molecule has 0 spiro atoms. The van der Waals surface area contributed by atoms with Crippen molar-refractivity contribution in [3.63, 3.8) is 0 Å². The van der Waals surface area contributed by atoms with E-state index in [1.54, 1.807) is 19.2 Å². The number of aromatic nitrogens is 1. The molecule has 0 saturated heterocycles. The van der Waals surface area contributed by atoms with E-state index in [0.29, 0.717) is 23.9 Å². The first-order chi connectivity index (χ1) is 8.81. The number of aliphatic imine (C=N–C) groups is 2. The number of ether oxygens (including phenoxy) is 1. The van der Waals surface area contributed by atoms with Crippen molar-refractivity contribution >= 4 is 29.3 Å². The van der Waals surface area contributed by atoms with Crippen LogP contribution in [-0.4, -0.2) is 29.6 Å². The fourth-order valence-electron chi connectivity index (χ4n) is 2.12. The van der Waals surface area contributed by atoms with Crippen LogP contribution in [0.15, 0.2) is 28.3 Å². The van der Waals surface area contributed by atoms with Crippen LogP contribution in [-0.2, 0) is 9.53 Å². The molecule has 0 N–H and O–H groups in total. The molecule has 0 aromatic carbocycles. The Balaban J connectivity index is 2.31. The number of nitrogens with zero attached hydrogens (tertiary/aromatic N) is 3. The molecule has 90 valence electrons. The maximum atomic E-state index is 12.0. The highest BCUT2D eigenvalue weighted by atomic mass is 16.5. The van der Waals surface area contributed by atoms with Crippen LogP contribution in [0.2, 0.25) is 0 Å². The molecule has 0 bridgehead atoms. The van der Waals surface area contributed by atoms with Gasteiger partial charge in [-0.1, -0.05) is 6.07 Å². The molecular formula is C13H11N3O2. The van der Waals surface area contributed by atoms with Gasteiger partial charge in [0.2, 0.25) is 0 Å². The largest absolute Gasteiger partial charge is 0.463 e. The molecule has 5 nitrogen and oxygen atoms in total. The van der Waals surface area contributed by atoms with Crippen LogP contribution in [0.25, 0.3) is 11.3 Å². The second-order valence-corrected chi connectivity index (χ2v) is 3.94. The Kier molecular flexibility index (Phi) is 2.51. The van der Waals surface area contributed by atoms with Crippen molar-refractivity contribution < 1.29 is 9.53 Å². The molecule has 5 heteroatoms. The van der Waals surface area contributed by atoms with Crippen LogP contribution >= 0.6 is 0 Å². The molecule has 3 rings (SSSR count). The molecule has 0 radical (unpaired) electrons. The van der Waals surface area contributed by atoms with Gasteiger partial charge in [-0.15, -0.1) is 0 Å². The van der Waals surface area contributed by atoms with Crippen LogP contribution in [0.4, 0.5) is 0 Å². The van der Waals surface area contributed by atoms with E-state index in [2.05, 4.69) is 15.0 Å². The van der Waals surface area contributed by atoms with Crippen LogP contribution in [0.5, 0.6) is 0 Å². The number of esters is 1. The summed E-state index contributed by atoms with van der Waals surface area (Å²) in [7, 11) is 0. The Hall–Kier alpha value is -2.30. The molecule has 1 aliphatic heterocycles. The average Bonchev–Trinajstić information content (AvgIpc) is 2.86. The van der Waals surface area contributed by atoms with Crippen molar-refractivity contribution in [3.05, 3.63) is 28.9 Å². The molecule has 0 unspecified atom stereocenters. The number of hydrogen-bond acceptors (Lipinski definition) is 5. The molecule has 0 atom stereocenters. The van der Waals surface area contributed by atoms with Gasteiger partial charge in [-0.05, 0) is 13.0 Å². The summed E-state index contributed by atoms with van der Waals surface area (Å²) in [6.45, 7) is 2.15. The van der Waals surface area contributed by atoms with E-state index >= 15 is 0 Å². The van der Waals surface area contributed by atoms with Crippen LogP contribution in [0.1, 0.15) is 13.3 Å². The Morgan fingerprint density at radius 3 is 3.22 bits per heavy atom.